The van der Waals surface area contributed by atoms with Gasteiger partial charge in [0.15, 0.2) is 0 Å². The molecule has 0 atom stereocenters. The lowest BCUT2D eigenvalue weighted by atomic mass is 10.0. The molecular formula is C19H19NO3. The monoisotopic (exact) mass is 309 g/mol. The highest BCUT2D eigenvalue weighted by Gasteiger charge is 2.12. The van der Waals surface area contributed by atoms with Crippen molar-refractivity contribution in [2.75, 3.05) is 26.1 Å². The third-order valence-electron chi connectivity index (χ3n) is 3.97. The second kappa shape index (κ2) is 5.80. The van der Waals surface area contributed by atoms with Gasteiger partial charge in [-0.1, -0.05) is 12.1 Å². The molecule has 4 nitrogen and oxygen atoms in total. The van der Waals surface area contributed by atoms with Crippen LogP contribution in [0, 0.1) is 6.92 Å². The van der Waals surface area contributed by atoms with Crippen LogP contribution in [0.1, 0.15) is 5.56 Å². The van der Waals surface area contributed by atoms with Gasteiger partial charge in [-0.2, -0.15) is 0 Å². The zero-order valence-corrected chi connectivity index (χ0v) is 13.7. The van der Waals surface area contributed by atoms with E-state index in [1.807, 2.05) is 27.1 Å². The van der Waals surface area contributed by atoms with E-state index in [-0.39, 0.29) is 5.63 Å². The Hall–Kier alpha value is -2.75. The number of aryl methyl sites for hydroxylation is 1. The van der Waals surface area contributed by atoms with Crippen molar-refractivity contribution in [1.29, 1.82) is 0 Å². The summed E-state index contributed by atoms with van der Waals surface area (Å²) in [7, 11) is 5.64. The van der Waals surface area contributed by atoms with Crippen molar-refractivity contribution in [3.8, 4) is 16.9 Å². The summed E-state index contributed by atoms with van der Waals surface area (Å²) in [5.41, 5.74) is 4.25. The molecule has 0 bridgehead atoms. The summed E-state index contributed by atoms with van der Waals surface area (Å²) in [4.78, 5) is 13.6. The highest BCUT2D eigenvalue weighted by atomic mass is 16.5. The molecule has 3 rings (SSSR count). The minimum absolute atomic E-state index is 0.347. The van der Waals surface area contributed by atoms with E-state index in [1.54, 1.807) is 13.2 Å². The van der Waals surface area contributed by atoms with E-state index in [1.165, 1.54) is 6.07 Å². The minimum Gasteiger partial charge on any atom is -0.496 e. The SMILES string of the molecule is COc1cc2oc(=O)cc(C)c2cc1-c1ccc(N(C)C)cc1. The largest absolute Gasteiger partial charge is 0.496 e. The molecule has 0 unspecified atom stereocenters. The van der Waals surface area contributed by atoms with Crippen LogP contribution in [0.25, 0.3) is 22.1 Å². The van der Waals surface area contributed by atoms with Crippen molar-refractivity contribution in [2.24, 2.45) is 0 Å². The molecule has 0 spiro atoms. The summed E-state index contributed by atoms with van der Waals surface area (Å²) in [5.74, 6) is 0.684. The van der Waals surface area contributed by atoms with Gasteiger partial charge >= 0.3 is 5.63 Å². The lowest BCUT2D eigenvalue weighted by molar-refractivity contribution is 0.415. The van der Waals surface area contributed by atoms with Crippen LogP contribution in [0.2, 0.25) is 0 Å². The predicted octanol–water partition coefficient (Wildman–Crippen LogP) is 3.84. The van der Waals surface area contributed by atoms with Crippen molar-refractivity contribution in [2.45, 2.75) is 6.92 Å². The first-order chi connectivity index (χ1) is 11.0. The smallest absolute Gasteiger partial charge is 0.336 e. The van der Waals surface area contributed by atoms with Gasteiger partial charge in [0.25, 0.3) is 0 Å². The Morgan fingerprint density at radius 2 is 1.74 bits per heavy atom. The summed E-state index contributed by atoms with van der Waals surface area (Å²) in [6.07, 6.45) is 0. The van der Waals surface area contributed by atoms with Crippen molar-refractivity contribution in [3.05, 3.63) is 58.4 Å². The summed E-state index contributed by atoms with van der Waals surface area (Å²) in [6, 6.07) is 13.6. The molecule has 0 aliphatic carbocycles. The number of ether oxygens (including phenoxy) is 1. The molecule has 4 heteroatoms. The molecule has 3 aromatic rings. The maximum atomic E-state index is 11.5. The van der Waals surface area contributed by atoms with Gasteiger partial charge in [-0.25, -0.2) is 4.79 Å². The first-order valence-electron chi connectivity index (χ1n) is 7.40. The van der Waals surface area contributed by atoms with Crippen LogP contribution in [-0.2, 0) is 0 Å². The molecule has 0 radical (unpaired) electrons. The average Bonchev–Trinajstić information content (AvgIpc) is 2.53. The Morgan fingerprint density at radius 3 is 2.35 bits per heavy atom. The molecule has 0 fully saturated rings. The second-order valence-corrected chi connectivity index (χ2v) is 5.74. The van der Waals surface area contributed by atoms with Gasteiger partial charge in [0.2, 0.25) is 0 Å². The zero-order chi connectivity index (χ0) is 16.6. The van der Waals surface area contributed by atoms with E-state index in [0.717, 1.165) is 27.8 Å². The molecule has 0 aliphatic rings. The molecule has 0 amide bonds. The van der Waals surface area contributed by atoms with Crippen LogP contribution >= 0.6 is 0 Å². The van der Waals surface area contributed by atoms with Crippen LogP contribution in [0.15, 0.2) is 51.7 Å². The fourth-order valence-electron chi connectivity index (χ4n) is 2.68. The average molecular weight is 309 g/mol. The Balaban J connectivity index is 2.21. The summed E-state index contributed by atoms with van der Waals surface area (Å²) in [5, 5.41) is 0.914. The summed E-state index contributed by atoms with van der Waals surface area (Å²) in [6.45, 7) is 1.91. The highest BCUT2D eigenvalue weighted by Crippen LogP contribution is 2.35. The fourth-order valence-corrected chi connectivity index (χ4v) is 2.68. The topological polar surface area (TPSA) is 42.7 Å². The van der Waals surface area contributed by atoms with E-state index in [4.69, 9.17) is 9.15 Å². The number of nitrogens with zero attached hydrogens (tertiary/aromatic N) is 1. The molecule has 2 aromatic carbocycles. The number of anilines is 1. The molecule has 0 N–H and O–H groups in total. The van der Waals surface area contributed by atoms with Gasteiger partial charge < -0.3 is 14.1 Å². The van der Waals surface area contributed by atoms with Crippen molar-refractivity contribution in [3.63, 3.8) is 0 Å². The van der Waals surface area contributed by atoms with Crippen molar-refractivity contribution >= 4 is 16.7 Å². The Kier molecular flexibility index (Phi) is 3.82. The summed E-state index contributed by atoms with van der Waals surface area (Å²) < 4.78 is 10.8. The molecule has 0 saturated carbocycles. The molecule has 1 heterocycles. The molecule has 0 saturated heterocycles. The number of hydrogen-bond acceptors (Lipinski definition) is 4. The number of hydrogen-bond donors (Lipinski definition) is 0. The Labute approximate surface area is 134 Å². The van der Waals surface area contributed by atoms with E-state index < -0.39 is 0 Å². The van der Waals surface area contributed by atoms with Crippen LogP contribution < -0.4 is 15.3 Å². The normalized spacial score (nSPS) is 10.8. The standard InChI is InChI=1S/C19H19NO3/c1-12-9-19(21)23-18-11-17(22-4)16(10-15(12)18)13-5-7-14(8-6-13)20(2)3/h5-11H,1-4H3. The van der Waals surface area contributed by atoms with Crippen LogP contribution in [0.4, 0.5) is 5.69 Å². The van der Waals surface area contributed by atoms with Gasteiger partial charge in [0.1, 0.15) is 11.3 Å². The van der Waals surface area contributed by atoms with Gasteiger partial charge in [-0.3, -0.25) is 0 Å². The van der Waals surface area contributed by atoms with E-state index in [0.29, 0.717) is 11.3 Å². The van der Waals surface area contributed by atoms with Crippen molar-refractivity contribution in [1.82, 2.24) is 0 Å². The summed E-state index contributed by atoms with van der Waals surface area (Å²) >= 11 is 0. The lowest BCUT2D eigenvalue weighted by Crippen LogP contribution is -2.07. The molecule has 23 heavy (non-hydrogen) atoms. The number of benzene rings is 2. The first-order valence-corrected chi connectivity index (χ1v) is 7.40. The first kappa shape index (κ1) is 15.2. The van der Waals surface area contributed by atoms with Crippen LogP contribution in [0.5, 0.6) is 5.75 Å². The number of fused-ring (bicyclic) bond motifs is 1. The van der Waals surface area contributed by atoms with Crippen LogP contribution in [-0.4, -0.2) is 21.2 Å². The van der Waals surface area contributed by atoms with E-state index in [2.05, 4.69) is 29.2 Å². The third-order valence-corrected chi connectivity index (χ3v) is 3.97. The van der Waals surface area contributed by atoms with Gasteiger partial charge in [0, 0.05) is 42.9 Å². The fraction of sp³-hybridized carbons (Fsp3) is 0.211. The lowest BCUT2D eigenvalue weighted by Gasteiger charge is -2.14. The number of rotatable bonds is 3. The molecule has 1 aromatic heterocycles. The predicted molar refractivity (Wildman–Crippen MR) is 93.5 cm³/mol. The van der Waals surface area contributed by atoms with Gasteiger partial charge in [-0.15, -0.1) is 0 Å². The number of methoxy groups -OCH3 is 1. The molecular weight excluding hydrogens is 290 g/mol. The maximum absolute atomic E-state index is 11.5. The van der Waals surface area contributed by atoms with Gasteiger partial charge in [0.05, 0.1) is 7.11 Å². The minimum atomic E-state index is -0.347. The molecule has 0 aliphatic heterocycles. The van der Waals surface area contributed by atoms with Crippen LogP contribution in [0.3, 0.4) is 0 Å². The Bertz CT molecular complexity index is 908. The maximum Gasteiger partial charge on any atom is 0.336 e. The quantitative estimate of drug-likeness (QED) is 0.689. The highest BCUT2D eigenvalue weighted by molar-refractivity contribution is 5.89. The van der Waals surface area contributed by atoms with E-state index in [9.17, 15) is 4.79 Å². The van der Waals surface area contributed by atoms with Gasteiger partial charge in [-0.05, 0) is 36.2 Å². The second-order valence-electron chi connectivity index (χ2n) is 5.74. The Morgan fingerprint density at radius 1 is 1.04 bits per heavy atom. The van der Waals surface area contributed by atoms with E-state index >= 15 is 0 Å². The zero-order valence-electron chi connectivity index (χ0n) is 13.7. The molecule has 118 valence electrons. The van der Waals surface area contributed by atoms with Crippen molar-refractivity contribution < 1.29 is 9.15 Å². The third kappa shape index (κ3) is 2.80.